The first kappa shape index (κ1) is 16.4. The van der Waals surface area contributed by atoms with Gasteiger partial charge in [-0.1, -0.05) is 6.07 Å². The Hall–Kier alpha value is -1.97. The Morgan fingerprint density at radius 1 is 1.45 bits per heavy atom. The number of sulfonamides is 1. The van der Waals surface area contributed by atoms with Crippen molar-refractivity contribution in [2.45, 2.75) is 18.7 Å². The highest BCUT2D eigenvalue weighted by molar-refractivity contribution is 7.89. The molecule has 2 rings (SSSR count). The van der Waals surface area contributed by atoms with E-state index in [1.807, 2.05) is 0 Å². The molecule has 7 nitrogen and oxygen atoms in total. The lowest BCUT2D eigenvalue weighted by atomic mass is 10.3. The molecule has 0 bridgehead atoms. The molecular formula is C13H15N3O4S2. The number of ether oxygens (including phenoxy) is 1. The summed E-state index contributed by atoms with van der Waals surface area (Å²) in [5, 5.41) is 9.26. The largest absolute Gasteiger partial charge is 0.461 e. The molecule has 0 fully saturated rings. The number of primary sulfonamides is 1. The molecule has 0 unspecified atom stereocenters. The minimum Gasteiger partial charge on any atom is -0.461 e. The van der Waals surface area contributed by atoms with E-state index in [9.17, 15) is 13.2 Å². The molecule has 2 aromatic rings. The molecule has 9 heteroatoms. The Balaban J connectivity index is 2.34. The van der Waals surface area contributed by atoms with Crippen molar-refractivity contribution in [2.24, 2.45) is 5.14 Å². The molecule has 1 aromatic heterocycles. The van der Waals surface area contributed by atoms with Crippen LogP contribution >= 0.6 is 11.3 Å². The minimum atomic E-state index is -3.79. The average Bonchev–Trinajstić information content (AvgIpc) is 2.79. The standard InChI is InChI=1S/C13H15N3O4S2/c1-3-20-13(17)11-12(21-8(2)15-11)16-9-5-4-6-10(7-9)22(14,18)19/h4-7,16H,3H2,1-2H3,(H2,14,18,19). The molecule has 118 valence electrons. The van der Waals surface area contributed by atoms with Crippen LogP contribution in [0.5, 0.6) is 0 Å². The number of hydrogen-bond acceptors (Lipinski definition) is 7. The van der Waals surface area contributed by atoms with E-state index in [0.717, 1.165) is 0 Å². The number of carbonyl (C=O) groups excluding carboxylic acids is 1. The van der Waals surface area contributed by atoms with Gasteiger partial charge in [-0.05, 0) is 32.0 Å². The van der Waals surface area contributed by atoms with Gasteiger partial charge in [0.2, 0.25) is 10.0 Å². The second-order valence-electron chi connectivity index (χ2n) is 4.33. The fourth-order valence-electron chi connectivity index (χ4n) is 1.73. The van der Waals surface area contributed by atoms with Crippen LogP contribution < -0.4 is 10.5 Å². The van der Waals surface area contributed by atoms with Crippen molar-refractivity contribution in [2.75, 3.05) is 11.9 Å². The Morgan fingerprint density at radius 2 is 2.18 bits per heavy atom. The number of nitrogens with one attached hydrogen (secondary N) is 1. The van der Waals surface area contributed by atoms with E-state index in [4.69, 9.17) is 9.88 Å². The molecule has 0 atom stereocenters. The van der Waals surface area contributed by atoms with Crippen molar-refractivity contribution < 1.29 is 17.9 Å². The summed E-state index contributed by atoms with van der Waals surface area (Å²) < 4.78 is 27.7. The normalized spacial score (nSPS) is 11.2. The summed E-state index contributed by atoms with van der Waals surface area (Å²) in [6, 6.07) is 6.00. The van der Waals surface area contributed by atoms with Gasteiger partial charge < -0.3 is 10.1 Å². The third kappa shape index (κ3) is 3.81. The maximum absolute atomic E-state index is 11.9. The van der Waals surface area contributed by atoms with Gasteiger partial charge in [0.15, 0.2) is 5.69 Å². The third-order valence-electron chi connectivity index (χ3n) is 2.62. The number of nitrogens with zero attached hydrogens (tertiary/aromatic N) is 1. The van der Waals surface area contributed by atoms with Gasteiger partial charge >= 0.3 is 5.97 Å². The molecule has 0 saturated heterocycles. The highest BCUT2D eigenvalue weighted by atomic mass is 32.2. The van der Waals surface area contributed by atoms with Gasteiger partial charge in [-0.25, -0.2) is 23.3 Å². The highest BCUT2D eigenvalue weighted by Gasteiger charge is 2.18. The van der Waals surface area contributed by atoms with E-state index in [1.165, 1.54) is 23.5 Å². The van der Waals surface area contributed by atoms with E-state index < -0.39 is 16.0 Å². The first-order chi connectivity index (χ1) is 10.3. The lowest BCUT2D eigenvalue weighted by Crippen LogP contribution is -2.12. The molecule has 0 aliphatic carbocycles. The van der Waals surface area contributed by atoms with E-state index >= 15 is 0 Å². The van der Waals surface area contributed by atoms with Gasteiger partial charge in [0.25, 0.3) is 0 Å². The van der Waals surface area contributed by atoms with Crippen LogP contribution in [0.15, 0.2) is 29.2 Å². The number of nitrogens with two attached hydrogens (primary N) is 1. The second kappa shape index (κ2) is 6.42. The lowest BCUT2D eigenvalue weighted by Gasteiger charge is -2.07. The third-order valence-corrected chi connectivity index (χ3v) is 4.42. The first-order valence-electron chi connectivity index (χ1n) is 6.35. The lowest BCUT2D eigenvalue weighted by molar-refractivity contribution is 0.0521. The zero-order chi connectivity index (χ0) is 16.3. The van der Waals surface area contributed by atoms with Gasteiger partial charge in [-0.15, -0.1) is 11.3 Å². The van der Waals surface area contributed by atoms with Crippen LogP contribution in [0.1, 0.15) is 22.4 Å². The van der Waals surface area contributed by atoms with Crippen LogP contribution in [0.2, 0.25) is 0 Å². The van der Waals surface area contributed by atoms with E-state index in [0.29, 0.717) is 15.7 Å². The SMILES string of the molecule is CCOC(=O)c1nc(C)sc1Nc1cccc(S(N)(=O)=O)c1. The van der Waals surface area contributed by atoms with Crippen LogP contribution in [-0.2, 0) is 14.8 Å². The summed E-state index contributed by atoms with van der Waals surface area (Å²) in [5.74, 6) is -0.531. The van der Waals surface area contributed by atoms with Crippen molar-refractivity contribution in [3.63, 3.8) is 0 Å². The molecule has 0 amide bonds. The Labute approximate surface area is 132 Å². The topological polar surface area (TPSA) is 111 Å². The summed E-state index contributed by atoms with van der Waals surface area (Å²) in [6.45, 7) is 3.72. The average molecular weight is 341 g/mol. The van der Waals surface area contributed by atoms with Crippen LogP contribution in [0.4, 0.5) is 10.7 Å². The number of aromatic nitrogens is 1. The van der Waals surface area contributed by atoms with Gasteiger partial charge in [0, 0.05) is 5.69 Å². The number of anilines is 2. The van der Waals surface area contributed by atoms with Crippen molar-refractivity contribution >= 4 is 38.0 Å². The van der Waals surface area contributed by atoms with Gasteiger partial charge in [-0.3, -0.25) is 0 Å². The fraction of sp³-hybridized carbons (Fsp3) is 0.231. The monoisotopic (exact) mass is 341 g/mol. The highest BCUT2D eigenvalue weighted by Crippen LogP contribution is 2.29. The van der Waals surface area contributed by atoms with E-state index in [2.05, 4.69) is 10.3 Å². The molecule has 0 aliphatic heterocycles. The number of benzene rings is 1. The predicted molar refractivity (Wildman–Crippen MR) is 83.9 cm³/mol. The minimum absolute atomic E-state index is 0.0172. The van der Waals surface area contributed by atoms with Crippen molar-refractivity contribution in [3.8, 4) is 0 Å². The zero-order valence-corrected chi connectivity index (χ0v) is 13.6. The summed E-state index contributed by atoms with van der Waals surface area (Å²) in [6.07, 6.45) is 0. The van der Waals surface area contributed by atoms with Gasteiger partial charge in [0.05, 0.1) is 16.5 Å². The maximum atomic E-state index is 11.9. The summed E-state index contributed by atoms with van der Waals surface area (Å²) in [5.41, 5.74) is 0.658. The number of aryl methyl sites for hydroxylation is 1. The maximum Gasteiger partial charge on any atom is 0.360 e. The zero-order valence-electron chi connectivity index (χ0n) is 12.0. The predicted octanol–water partition coefficient (Wildman–Crippen LogP) is 2.02. The molecule has 3 N–H and O–H groups in total. The number of esters is 1. The number of hydrogen-bond donors (Lipinski definition) is 2. The summed E-state index contributed by atoms with van der Waals surface area (Å²) >= 11 is 1.27. The molecule has 0 aliphatic rings. The van der Waals surface area contributed by atoms with Crippen molar-refractivity contribution in [3.05, 3.63) is 35.0 Å². The quantitative estimate of drug-likeness (QED) is 0.805. The van der Waals surface area contributed by atoms with Gasteiger partial charge in [0.1, 0.15) is 5.00 Å². The van der Waals surface area contributed by atoms with Crippen LogP contribution in [-0.4, -0.2) is 26.0 Å². The summed E-state index contributed by atoms with van der Waals surface area (Å²) in [4.78, 5) is 16.0. The Kier molecular flexibility index (Phi) is 4.79. The van der Waals surface area contributed by atoms with Crippen LogP contribution in [0, 0.1) is 6.92 Å². The number of rotatable bonds is 5. The molecule has 0 spiro atoms. The second-order valence-corrected chi connectivity index (χ2v) is 7.09. The van der Waals surface area contributed by atoms with E-state index in [-0.39, 0.29) is 17.2 Å². The summed E-state index contributed by atoms with van der Waals surface area (Å²) in [7, 11) is -3.79. The molecule has 0 radical (unpaired) electrons. The number of carbonyl (C=O) groups is 1. The molecule has 22 heavy (non-hydrogen) atoms. The number of thiazole rings is 1. The van der Waals surface area contributed by atoms with Crippen LogP contribution in [0.25, 0.3) is 0 Å². The van der Waals surface area contributed by atoms with Crippen molar-refractivity contribution in [1.82, 2.24) is 4.98 Å². The van der Waals surface area contributed by atoms with E-state index in [1.54, 1.807) is 26.0 Å². The Morgan fingerprint density at radius 3 is 2.82 bits per heavy atom. The molecule has 1 aromatic carbocycles. The fourth-order valence-corrected chi connectivity index (χ4v) is 3.12. The van der Waals surface area contributed by atoms with Crippen LogP contribution in [0.3, 0.4) is 0 Å². The Bertz CT molecular complexity index is 799. The molecule has 1 heterocycles. The molecular weight excluding hydrogens is 326 g/mol. The molecule has 0 saturated carbocycles. The smallest absolute Gasteiger partial charge is 0.360 e. The van der Waals surface area contributed by atoms with Gasteiger partial charge in [-0.2, -0.15) is 0 Å². The first-order valence-corrected chi connectivity index (χ1v) is 8.72. The van der Waals surface area contributed by atoms with Crippen molar-refractivity contribution in [1.29, 1.82) is 0 Å².